The maximum atomic E-state index is 13.9. The molecule has 3 aromatic rings. The number of likely N-dealkylation sites (N-methyl/N-ethyl adjacent to an activating group) is 1. The number of rotatable bonds is 6. The van der Waals surface area contributed by atoms with Gasteiger partial charge in [-0.05, 0) is 44.5 Å². The fourth-order valence-electron chi connectivity index (χ4n) is 4.65. The van der Waals surface area contributed by atoms with Gasteiger partial charge in [-0.15, -0.1) is 0 Å². The molecule has 0 aliphatic carbocycles. The van der Waals surface area contributed by atoms with Crippen molar-refractivity contribution >= 4 is 34.9 Å². The van der Waals surface area contributed by atoms with E-state index in [-0.39, 0.29) is 18.3 Å². The van der Waals surface area contributed by atoms with Crippen LogP contribution in [0.2, 0.25) is 5.02 Å². The molecule has 3 heterocycles. The number of carbonyl (C=O) groups excluding carboxylic acids is 1. The van der Waals surface area contributed by atoms with Gasteiger partial charge in [-0.1, -0.05) is 41.1 Å². The minimum atomic E-state index is -0.699. The predicted octanol–water partition coefficient (Wildman–Crippen LogP) is 3.49. The van der Waals surface area contributed by atoms with E-state index in [1.807, 2.05) is 45.0 Å². The Morgan fingerprint density at radius 2 is 1.95 bits per heavy atom. The summed E-state index contributed by atoms with van der Waals surface area (Å²) in [5.41, 5.74) is 2.09. The van der Waals surface area contributed by atoms with E-state index in [4.69, 9.17) is 30.8 Å². The Hall–Kier alpha value is -3.56. The highest BCUT2D eigenvalue weighted by molar-refractivity contribution is 7.07. The molecule has 0 saturated carbocycles. The van der Waals surface area contributed by atoms with Crippen LogP contribution in [0.1, 0.15) is 37.9 Å². The smallest absolute Gasteiger partial charge is 0.271 e. The molecular formula is C27H26ClN3O5S. The van der Waals surface area contributed by atoms with E-state index in [0.29, 0.717) is 67.1 Å². The quantitative estimate of drug-likeness (QED) is 0.479. The van der Waals surface area contributed by atoms with Crippen LogP contribution in [-0.4, -0.2) is 42.4 Å². The fourth-order valence-corrected chi connectivity index (χ4v) is 5.89. The van der Waals surface area contributed by atoms with Crippen LogP contribution in [0, 0.1) is 0 Å². The third-order valence-corrected chi connectivity index (χ3v) is 7.83. The van der Waals surface area contributed by atoms with Gasteiger partial charge >= 0.3 is 0 Å². The number of thiazole rings is 1. The lowest BCUT2D eigenvalue weighted by molar-refractivity contribution is -0.127. The topological polar surface area (TPSA) is 82.4 Å². The molecule has 192 valence electrons. The van der Waals surface area contributed by atoms with Crippen molar-refractivity contribution in [2.24, 2.45) is 4.99 Å². The van der Waals surface area contributed by atoms with Crippen molar-refractivity contribution in [1.82, 2.24) is 9.47 Å². The second kappa shape index (κ2) is 10.1. The molecule has 2 aromatic carbocycles. The molecule has 8 nitrogen and oxygen atoms in total. The molecule has 10 heteroatoms. The highest BCUT2D eigenvalue weighted by Gasteiger charge is 2.35. The number of fused-ring (bicyclic) bond motifs is 2. The van der Waals surface area contributed by atoms with Crippen molar-refractivity contribution in [2.45, 2.75) is 26.8 Å². The second-order valence-electron chi connectivity index (χ2n) is 8.53. The molecule has 2 aliphatic heterocycles. The first-order chi connectivity index (χ1) is 17.9. The number of hydrogen-bond donors (Lipinski definition) is 0. The van der Waals surface area contributed by atoms with Gasteiger partial charge in [0.2, 0.25) is 6.79 Å². The molecule has 0 unspecified atom stereocenters. The van der Waals surface area contributed by atoms with Crippen LogP contribution >= 0.6 is 22.9 Å². The Kier molecular flexibility index (Phi) is 6.83. The third-order valence-electron chi connectivity index (χ3n) is 6.51. The summed E-state index contributed by atoms with van der Waals surface area (Å²) in [6, 6.07) is 10.2. The first-order valence-corrected chi connectivity index (χ1v) is 13.1. The monoisotopic (exact) mass is 539 g/mol. The maximum Gasteiger partial charge on any atom is 0.271 e. The standard InChI is InChI=1S/C27H26ClN3O5S/c1-5-30(6-2)26(33)23-15(3)29-27-31(24(23)17-9-7-8-10-19(17)34-4)25(32)22(37-27)12-16-11-20-21(13-18(16)28)36-14-35-20/h7-13,24H,5-6,14H2,1-4H3/b22-12+/t24-/m0/s1. The average Bonchev–Trinajstić information content (AvgIpc) is 3.47. The number of ether oxygens (including phenoxy) is 3. The summed E-state index contributed by atoms with van der Waals surface area (Å²) in [5, 5.41) is 0.435. The van der Waals surface area contributed by atoms with Crippen LogP contribution in [0.15, 0.2) is 57.5 Å². The number of hydrogen-bond acceptors (Lipinski definition) is 7. The van der Waals surface area contributed by atoms with E-state index in [1.165, 1.54) is 11.3 Å². The summed E-state index contributed by atoms with van der Waals surface area (Å²) in [5.74, 6) is 1.56. The molecule has 2 aliphatic rings. The Balaban J connectivity index is 1.74. The van der Waals surface area contributed by atoms with Gasteiger partial charge in [-0.3, -0.25) is 14.2 Å². The van der Waals surface area contributed by atoms with Gasteiger partial charge in [0.1, 0.15) is 11.8 Å². The van der Waals surface area contributed by atoms with Gasteiger partial charge < -0.3 is 19.1 Å². The number of halogens is 1. The number of para-hydroxylation sites is 1. The number of nitrogens with zero attached hydrogens (tertiary/aromatic N) is 3. The summed E-state index contributed by atoms with van der Waals surface area (Å²) in [6.07, 6.45) is 1.72. The number of methoxy groups -OCH3 is 1. The molecule has 0 fully saturated rings. The summed E-state index contributed by atoms with van der Waals surface area (Å²) < 4.78 is 18.5. The number of aromatic nitrogens is 1. The van der Waals surface area contributed by atoms with Crippen molar-refractivity contribution in [3.8, 4) is 17.2 Å². The molecule has 0 radical (unpaired) electrons. The highest BCUT2D eigenvalue weighted by Crippen LogP contribution is 2.38. The molecule has 0 bridgehead atoms. The Morgan fingerprint density at radius 3 is 2.65 bits per heavy atom. The molecular weight excluding hydrogens is 514 g/mol. The van der Waals surface area contributed by atoms with Gasteiger partial charge in [0.15, 0.2) is 16.3 Å². The normalized spacial score (nSPS) is 16.5. The molecule has 1 amide bonds. The Morgan fingerprint density at radius 1 is 1.24 bits per heavy atom. The summed E-state index contributed by atoms with van der Waals surface area (Å²) in [7, 11) is 1.58. The Labute approximate surface area is 222 Å². The lowest BCUT2D eigenvalue weighted by Gasteiger charge is -2.29. The minimum Gasteiger partial charge on any atom is -0.496 e. The van der Waals surface area contributed by atoms with E-state index in [2.05, 4.69) is 0 Å². The molecule has 0 N–H and O–H groups in total. The molecule has 37 heavy (non-hydrogen) atoms. The van der Waals surface area contributed by atoms with Crippen LogP contribution in [0.3, 0.4) is 0 Å². The largest absolute Gasteiger partial charge is 0.496 e. The van der Waals surface area contributed by atoms with E-state index in [9.17, 15) is 9.59 Å². The van der Waals surface area contributed by atoms with Crippen LogP contribution in [0.5, 0.6) is 17.2 Å². The van der Waals surface area contributed by atoms with Gasteiger partial charge in [0.25, 0.3) is 11.5 Å². The molecule has 5 rings (SSSR count). The van der Waals surface area contributed by atoms with Gasteiger partial charge in [-0.25, -0.2) is 4.99 Å². The molecule has 1 atom stereocenters. The second-order valence-corrected chi connectivity index (χ2v) is 9.94. The van der Waals surface area contributed by atoms with Crippen LogP contribution < -0.4 is 29.1 Å². The lowest BCUT2D eigenvalue weighted by Crippen LogP contribution is -2.43. The summed E-state index contributed by atoms with van der Waals surface area (Å²) >= 11 is 7.73. The summed E-state index contributed by atoms with van der Waals surface area (Å²) in [6.45, 7) is 6.87. The van der Waals surface area contributed by atoms with Gasteiger partial charge in [0, 0.05) is 24.7 Å². The predicted molar refractivity (Wildman–Crippen MR) is 142 cm³/mol. The zero-order chi connectivity index (χ0) is 26.3. The number of carbonyl (C=O) groups is 1. The average molecular weight is 540 g/mol. The number of amides is 1. The zero-order valence-electron chi connectivity index (χ0n) is 20.9. The number of allylic oxidation sites excluding steroid dienone is 1. The van der Waals surface area contributed by atoms with Gasteiger partial charge in [-0.2, -0.15) is 0 Å². The highest BCUT2D eigenvalue weighted by atomic mass is 35.5. The van der Waals surface area contributed by atoms with Crippen LogP contribution in [-0.2, 0) is 4.79 Å². The van der Waals surface area contributed by atoms with Crippen molar-refractivity contribution in [3.63, 3.8) is 0 Å². The van der Waals surface area contributed by atoms with Crippen molar-refractivity contribution in [1.29, 1.82) is 0 Å². The molecule has 1 aromatic heterocycles. The maximum absolute atomic E-state index is 13.9. The molecule has 0 spiro atoms. The minimum absolute atomic E-state index is 0.124. The Bertz CT molecular complexity index is 1600. The number of benzene rings is 2. The lowest BCUT2D eigenvalue weighted by atomic mass is 9.94. The van der Waals surface area contributed by atoms with Crippen molar-refractivity contribution < 1.29 is 19.0 Å². The van der Waals surface area contributed by atoms with E-state index in [1.54, 1.807) is 34.8 Å². The van der Waals surface area contributed by atoms with Crippen LogP contribution in [0.4, 0.5) is 0 Å². The SMILES string of the molecule is CCN(CC)C(=O)C1=C(C)N=c2s/c(=C/c3cc4c(cc3Cl)OCO4)c(=O)n2[C@H]1c1ccccc1OC. The zero-order valence-corrected chi connectivity index (χ0v) is 22.5. The first kappa shape index (κ1) is 25.1. The van der Waals surface area contributed by atoms with Crippen molar-refractivity contribution in [3.05, 3.63) is 83.5 Å². The van der Waals surface area contributed by atoms with E-state index < -0.39 is 6.04 Å². The van der Waals surface area contributed by atoms with Crippen molar-refractivity contribution in [2.75, 3.05) is 27.0 Å². The van der Waals surface area contributed by atoms with E-state index >= 15 is 0 Å². The van der Waals surface area contributed by atoms with Crippen LogP contribution in [0.25, 0.3) is 6.08 Å². The third kappa shape index (κ3) is 4.32. The van der Waals surface area contributed by atoms with E-state index in [0.717, 1.165) is 0 Å². The first-order valence-electron chi connectivity index (χ1n) is 11.9. The summed E-state index contributed by atoms with van der Waals surface area (Å²) in [4.78, 5) is 34.6. The fraction of sp³-hybridized carbons (Fsp3) is 0.296. The molecule has 0 saturated heterocycles. The van der Waals surface area contributed by atoms with Gasteiger partial charge in [0.05, 0.1) is 27.9 Å².